The smallest absolute Gasteiger partial charge is 0.250 e. The third-order valence-corrected chi connectivity index (χ3v) is 5.81. The van der Waals surface area contributed by atoms with Crippen molar-refractivity contribution >= 4 is 21.4 Å². The fourth-order valence-electron chi connectivity index (χ4n) is 1.70. The molecule has 0 bridgehead atoms. The molecule has 0 fully saturated rings. The van der Waals surface area contributed by atoms with Crippen LogP contribution in [0.2, 0.25) is 0 Å². The average molecular weight is 290 g/mol. The minimum atomic E-state index is -3.34. The van der Waals surface area contributed by atoms with E-state index in [1.165, 1.54) is 11.3 Å². The van der Waals surface area contributed by atoms with E-state index >= 15 is 0 Å². The molecule has 6 heteroatoms. The van der Waals surface area contributed by atoms with E-state index in [1.54, 1.807) is 6.07 Å². The van der Waals surface area contributed by atoms with Crippen LogP contribution in [-0.2, 0) is 10.0 Å². The summed E-state index contributed by atoms with van der Waals surface area (Å²) < 4.78 is 27.2. The predicted molar refractivity (Wildman–Crippen MR) is 76.6 cm³/mol. The first-order chi connectivity index (χ1) is 8.36. The van der Waals surface area contributed by atoms with E-state index in [1.807, 2.05) is 26.4 Å². The van der Waals surface area contributed by atoms with E-state index in [9.17, 15) is 8.42 Å². The summed E-state index contributed by atoms with van der Waals surface area (Å²) in [4.78, 5) is 2.06. The number of hydrogen-bond acceptors (Lipinski definition) is 4. The van der Waals surface area contributed by atoms with Crippen LogP contribution < -0.4 is 4.72 Å². The lowest BCUT2D eigenvalue weighted by atomic mass is 10.1. The fraction of sp³-hybridized carbons (Fsp3) is 0.667. The first kappa shape index (κ1) is 15.6. The van der Waals surface area contributed by atoms with Crippen LogP contribution in [0.1, 0.15) is 25.3 Å². The molecule has 1 rings (SSSR count). The summed E-state index contributed by atoms with van der Waals surface area (Å²) in [6, 6.07) is 1.95. The quantitative estimate of drug-likeness (QED) is 0.836. The van der Waals surface area contributed by atoms with Gasteiger partial charge in [-0.25, -0.2) is 13.1 Å². The van der Waals surface area contributed by atoms with Crippen molar-refractivity contribution in [1.82, 2.24) is 9.62 Å². The molecule has 1 N–H and O–H groups in total. The molecule has 1 aromatic rings. The molecule has 0 aliphatic carbocycles. The minimum Gasteiger partial charge on any atom is -0.305 e. The van der Waals surface area contributed by atoms with Crippen LogP contribution in [0, 0.1) is 6.92 Å². The van der Waals surface area contributed by atoms with Gasteiger partial charge in [-0.1, -0.05) is 13.3 Å². The van der Waals surface area contributed by atoms with Gasteiger partial charge in [-0.3, -0.25) is 0 Å². The van der Waals surface area contributed by atoms with Crippen molar-refractivity contribution in [2.45, 2.75) is 36.9 Å². The molecule has 0 saturated heterocycles. The van der Waals surface area contributed by atoms with Gasteiger partial charge in [0.1, 0.15) is 4.21 Å². The molecule has 0 aromatic carbocycles. The van der Waals surface area contributed by atoms with Crippen molar-refractivity contribution in [2.24, 2.45) is 0 Å². The number of thiophene rings is 1. The van der Waals surface area contributed by atoms with Crippen LogP contribution >= 0.6 is 11.3 Å². The minimum absolute atomic E-state index is 0.242. The molecule has 0 aliphatic rings. The van der Waals surface area contributed by atoms with Gasteiger partial charge in [0, 0.05) is 12.6 Å². The molecular formula is C12H22N2O2S2. The molecule has 1 heterocycles. The monoisotopic (exact) mass is 290 g/mol. The van der Waals surface area contributed by atoms with Gasteiger partial charge in [0.2, 0.25) is 10.0 Å². The molecule has 18 heavy (non-hydrogen) atoms. The molecule has 0 spiro atoms. The normalized spacial score (nSPS) is 14.1. The summed E-state index contributed by atoms with van der Waals surface area (Å²) in [6.45, 7) is 4.46. The van der Waals surface area contributed by atoms with E-state index in [-0.39, 0.29) is 6.04 Å². The van der Waals surface area contributed by atoms with Crippen LogP contribution in [-0.4, -0.2) is 40.0 Å². The molecule has 1 aromatic heterocycles. The van der Waals surface area contributed by atoms with Crippen molar-refractivity contribution in [3.8, 4) is 0 Å². The van der Waals surface area contributed by atoms with E-state index in [0.29, 0.717) is 10.8 Å². The van der Waals surface area contributed by atoms with Gasteiger partial charge in [0.15, 0.2) is 0 Å². The first-order valence-corrected chi connectivity index (χ1v) is 8.44. The van der Waals surface area contributed by atoms with Crippen LogP contribution in [0.3, 0.4) is 0 Å². The maximum Gasteiger partial charge on any atom is 0.250 e. The molecule has 104 valence electrons. The highest BCUT2D eigenvalue weighted by Crippen LogP contribution is 2.19. The Balaban J connectivity index is 2.66. The SMILES string of the molecule is CCC[C@H](CNS(=O)(=O)c1cc(C)cs1)N(C)C. The summed E-state index contributed by atoms with van der Waals surface area (Å²) in [6.07, 6.45) is 2.03. The summed E-state index contributed by atoms with van der Waals surface area (Å²) in [5, 5.41) is 1.85. The number of nitrogens with zero attached hydrogens (tertiary/aromatic N) is 1. The van der Waals surface area contributed by atoms with Crippen LogP contribution in [0.15, 0.2) is 15.7 Å². The maximum atomic E-state index is 12.1. The Hall–Kier alpha value is -0.430. The molecule has 0 aliphatic heterocycles. The highest BCUT2D eigenvalue weighted by atomic mass is 32.2. The highest BCUT2D eigenvalue weighted by molar-refractivity contribution is 7.91. The molecule has 0 saturated carbocycles. The Morgan fingerprint density at radius 1 is 1.44 bits per heavy atom. The van der Waals surface area contributed by atoms with E-state index in [2.05, 4.69) is 16.5 Å². The molecule has 0 amide bonds. The van der Waals surface area contributed by atoms with Gasteiger partial charge >= 0.3 is 0 Å². The third kappa shape index (κ3) is 4.35. The van der Waals surface area contributed by atoms with Crippen LogP contribution in [0.4, 0.5) is 0 Å². The number of likely N-dealkylation sites (N-methyl/N-ethyl adjacent to an activating group) is 1. The number of rotatable bonds is 7. The number of sulfonamides is 1. The van der Waals surface area contributed by atoms with Gasteiger partial charge in [-0.05, 0) is 44.4 Å². The van der Waals surface area contributed by atoms with Gasteiger partial charge in [0.05, 0.1) is 0 Å². The van der Waals surface area contributed by atoms with Crippen LogP contribution in [0.5, 0.6) is 0 Å². The highest BCUT2D eigenvalue weighted by Gasteiger charge is 2.19. The zero-order valence-electron chi connectivity index (χ0n) is 11.4. The van der Waals surface area contributed by atoms with Crippen molar-refractivity contribution in [3.05, 3.63) is 17.0 Å². The zero-order chi connectivity index (χ0) is 13.8. The van der Waals surface area contributed by atoms with Crippen molar-refractivity contribution in [1.29, 1.82) is 0 Å². The van der Waals surface area contributed by atoms with Gasteiger partial charge in [-0.2, -0.15) is 0 Å². The Kier molecular flexibility index (Phi) is 5.78. The average Bonchev–Trinajstić information content (AvgIpc) is 2.71. The van der Waals surface area contributed by atoms with E-state index in [0.717, 1.165) is 18.4 Å². The second-order valence-corrected chi connectivity index (χ2v) is 7.61. The molecular weight excluding hydrogens is 268 g/mol. The standard InChI is InChI=1S/C12H22N2O2S2/c1-5-6-11(14(3)4)8-13-18(15,16)12-7-10(2)9-17-12/h7,9,11,13H,5-6,8H2,1-4H3/t11-/m1/s1. The van der Waals surface area contributed by atoms with Gasteiger partial charge in [-0.15, -0.1) is 11.3 Å². The number of nitrogens with one attached hydrogen (secondary N) is 1. The number of aryl methyl sites for hydroxylation is 1. The first-order valence-electron chi connectivity index (χ1n) is 6.08. The maximum absolute atomic E-state index is 12.1. The Morgan fingerprint density at radius 3 is 2.56 bits per heavy atom. The number of hydrogen-bond donors (Lipinski definition) is 1. The Bertz CT molecular complexity index is 466. The van der Waals surface area contributed by atoms with Gasteiger partial charge in [0.25, 0.3) is 0 Å². The van der Waals surface area contributed by atoms with Crippen molar-refractivity contribution < 1.29 is 8.42 Å². The van der Waals surface area contributed by atoms with Crippen LogP contribution in [0.25, 0.3) is 0 Å². The topological polar surface area (TPSA) is 49.4 Å². The lowest BCUT2D eigenvalue weighted by Crippen LogP contribution is -2.39. The summed E-state index contributed by atoms with van der Waals surface area (Å²) >= 11 is 1.27. The zero-order valence-corrected chi connectivity index (χ0v) is 13.1. The van der Waals surface area contributed by atoms with Crippen molar-refractivity contribution in [3.63, 3.8) is 0 Å². The van der Waals surface area contributed by atoms with Gasteiger partial charge < -0.3 is 4.90 Å². The second-order valence-electron chi connectivity index (χ2n) is 4.70. The van der Waals surface area contributed by atoms with E-state index in [4.69, 9.17) is 0 Å². The molecule has 0 unspecified atom stereocenters. The fourth-order valence-corrected chi connectivity index (χ4v) is 4.05. The molecule has 0 radical (unpaired) electrons. The molecule has 4 nitrogen and oxygen atoms in total. The Morgan fingerprint density at radius 2 is 2.11 bits per heavy atom. The largest absolute Gasteiger partial charge is 0.305 e. The van der Waals surface area contributed by atoms with E-state index < -0.39 is 10.0 Å². The summed E-state index contributed by atoms with van der Waals surface area (Å²) in [5.74, 6) is 0. The summed E-state index contributed by atoms with van der Waals surface area (Å²) in [7, 11) is 0.608. The second kappa shape index (κ2) is 6.65. The lowest BCUT2D eigenvalue weighted by Gasteiger charge is -2.23. The van der Waals surface area contributed by atoms with Crippen molar-refractivity contribution in [2.75, 3.05) is 20.6 Å². The summed E-state index contributed by atoms with van der Waals surface area (Å²) in [5.41, 5.74) is 0.984. The Labute approximate surface area is 114 Å². The molecule has 1 atom stereocenters. The third-order valence-electron chi connectivity index (χ3n) is 2.83. The lowest BCUT2D eigenvalue weighted by molar-refractivity contribution is 0.277. The predicted octanol–water partition coefficient (Wildman–Crippen LogP) is 2.07.